The molecule has 0 aliphatic carbocycles. The Kier molecular flexibility index (Phi) is 7.56. The molecule has 5 rings (SSSR count). The van der Waals surface area contributed by atoms with Crippen molar-refractivity contribution in [2.75, 3.05) is 43.1 Å². The van der Waals surface area contributed by atoms with Crippen molar-refractivity contribution in [3.8, 4) is 0 Å². The van der Waals surface area contributed by atoms with Crippen molar-refractivity contribution in [3.63, 3.8) is 0 Å². The largest absolute Gasteiger partial charge is 0.378 e. The van der Waals surface area contributed by atoms with Crippen LogP contribution in [-0.2, 0) is 16.0 Å². The number of hydrogen-bond donors (Lipinski definition) is 1. The summed E-state index contributed by atoms with van der Waals surface area (Å²) in [7, 11) is 0. The van der Waals surface area contributed by atoms with Crippen molar-refractivity contribution >= 4 is 29.4 Å². The fourth-order valence-corrected chi connectivity index (χ4v) is 5.23. The zero-order chi connectivity index (χ0) is 26.5. The number of carbonyl (C=O) groups is 2. The number of rotatable bonds is 5. The van der Waals surface area contributed by atoms with Crippen LogP contribution in [0.4, 0.5) is 16.3 Å². The van der Waals surface area contributed by atoms with Gasteiger partial charge in [0, 0.05) is 29.8 Å². The van der Waals surface area contributed by atoms with Gasteiger partial charge in [-0.2, -0.15) is 0 Å². The molecular weight excluding hydrogens is 476 g/mol. The van der Waals surface area contributed by atoms with Crippen molar-refractivity contribution in [3.05, 3.63) is 95.7 Å². The van der Waals surface area contributed by atoms with Gasteiger partial charge in [-0.25, -0.2) is 9.78 Å². The van der Waals surface area contributed by atoms with E-state index in [1.807, 2.05) is 98.8 Å². The van der Waals surface area contributed by atoms with Crippen molar-refractivity contribution in [2.45, 2.75) is 26.3 Å². The summed E-state index contributed by atoms with van der Waals surface area (Å²) in [6, 6.07) is 24.7. The molecule has 2 aliphatic rings. The minimum Gasteiger partial charge on any atom is -0.378 e. The number of carbonyl (C=O) groups excluding carboxylic acids is 2. The Hall–Kier alpha value is -3.97. The van der Waals surface area contributed by atoms with Crippen LogP contribution in [-0.4, -0.2) is 60.6 Å². The van der Waals surface area contributed by atoms with E-state index in [0.29, 0.717) is 30.9 Å². The van der Waals surface area contributed by atoms with Gasteiger partial charge in [0.1, 0.15) is 5.82 Å². The topological polar surface area (TPSA) is 74.8 Å². The molecule has 3 aromatic rings. The molecule has 0 spiro atoms. The molecular formula is C31H34N4O3. The van der Waals surface area contributed by atoms with Crippen LogP contribution < -0.4 is 10.2 Å². The molecule has 1 unspecified atom stereocenters. The number of piperidine rings is 1. The second-order valence-electron chi connectivity index (χ2n) is 10.4. The molecule has 2 aromatic carbocycles. The average Bonchev–Trinajstić information content (AvgIpc) is 2.95. The van der Waals surface area contributed by atoms with Gasteiger partial charge in [-0.1, -0.05) is 68.4 Å². The molecule has 1 aromatic heterocycles. The monoisotopic (exact) mass is 510 g/mol. The number of Topliss-reactive ketones (excluding diaryl/α,β-unsaturated/α-hetero) is 1. The smallest absolute Gasteiger partial charge is 0.322 e. The molecule has 1 atom stereocenters. The van der Waals surface area contributed by atoms with Crippen LogP contribution in [0.3, 0.4) is 0 Å². The number of nitrogens with zero attached hydrogens (tertiary/aromatic N) is 3. The van der Waals surface area contributed by atoms with Crippen LogP contribution in [0.25, 0.3) is 6.08 Å². The first-order chi connectivity index (χ1) is 18.4. The highest BCUT2D eigenvalue weighted by Crippen LogP contribution is 2.37. The minimum absolute atomic E-state index is 0.0424. The Bertz CT molecular complexity index is 1300. The highest BCUT2D eigenvalue weighted by molar-refractivity contribution is 6.06. The van der Waals surface area contributed by atoms with E-state index >= 15 is 0 Å². The molecule has 0 radical (unpaired) electrons. The van der Waals surface area contributed by atoms with Gasteiger partial charge in [0.25, 0.3) is 0 Å². The lowest BCUT2D eigenvalue weighted by atomic mass is 9.71. The highest BCUT2D eigenvalue weighted by Gasteiger charge is 2.47. The normalized spacial score (nSPS) is 20.4. The fraction of sp³-hybridized carbons (Fsp3) is 0.323. The van der Waals surface area contributed by atoms with Gasteiger partial charge < -0.3 is 19.9 Å². The molecule has 7 nitrogen and oxygen atoms in total. The number of morpholine rings is 1. The van der Waals surface area contributed by atoms with E-state index in [1.54, 1.807) is 4.90 Å². The molecule has 2 amide bonds. The molecule has 7 heteroatoms. The van der Waals surface area contributed by atoms with Gasteiger partial charge in [-0.05, 0) is 42.3 Å². The third kappa shape index (κ3) is 5.63. The molecule has 2 saturated heterocycles. The Morgan fingerprint density at radius 3 is 2.39 bits per heavy atom. The summed E-state index contributed by atoms with van der Waals surface area (Å²) in [5, 5.41) is 3.03. The van der Waals surface area contributed by atoms with Gasteiger partial charge in [0.2, 0.25) is 0 Å². The number of ether oxygens (including phenoxy) is 1. The summed E-state index contributed by atoms with van der Waals surface area (Å²) in [5.41, 5.74) is 2.29. The molecule has 0 saturated carbocycles. The van der Waals surface area contributed by atoms with Crippen LogP contribution in [0, 0.1) is 5.41 Å². The van der Waals surface area contributed by atoms with Crippen molar-refractivity contribution in [1.29, 1.82) is 0 Å². The number of anilines is 2. The van der Waals surface area contributed by atoms with Gasteiger partial charge in [0.05, 0.1) is 31.5 Å². The number of ketones is 1. The summed E-state index contributed by atoms with van der Waals surface area (Å²) in [5.74, 6) is 0.909. The summed E-state index contributed by atoms with van der Waals surface area (Å²) in [4.78, 5) is 36.4. The van der Waals surface area contributed by atoms with Crippen LogP contribution in [0.1, 0.15) is 25.1 Å². The summed E-state index contributed by atoms with van der Waals surface area (Å²) >= 11 is 0. The predicted molar refractivity (Wildman–Crippen MR) is 150 cm³/mol. The molecule has 3 heterocycles. The van der Waals surface area contributed by atoms with E-state index in [4.69, 9.17) is 9.72 Å². The number of hydrogen-bond acceptors (Lipinski definition) is 5. The van der Waals surface area contributed by atoms with E-state index in [-0.39, 0.29) is 24.4 Å². The number of benzene rings is 2. The molecule has 0 bridgehead atoms. The maximum atomic E-state index is 13.9. The Morgan fingerprint density at radius 2 is 1.68 bits per heavy atom. The van der Waals surface area contributed by atoms with Gasteiger partial charge in [-0.3, -0.25) is 4.79 Å². The first kappa shape index (κ1) is 25.7. The number of para-hydroxylation sites is 1. The van der Waals surface area contributed by atoms with Crippen LogP contribution >= 0.6 is 0 Å². The number of likely N-dealkylation sites (tertiary alicyclic amines) is 1. The van der Waals surface area contributed by atoms with Crippen molar-refractivity contribution < 1.29 is 14.3 Å². The fourth-order valence-electron chi connectivity index (χ4n) is 5.23. The van der Waals surface area contributed by atoms with E-state index in [1.165, 1.54) is 0 Å². The highest BCUT2D eigenvalue weighted by atomic mass is 16.5. The molecule has 196 valence electrons. The Morgan fingerprint density at radius 1 is 1.00 bits per heavy atom. The third-order valence-electron chi connectivity index (χ3n) is 7.40. The molecule has 2 fully saturated rings. The van der Waals surface area contributed by atoms with Crippen LogP contribution in [0.15, 0.2) is 84.4 Å². The second kappa shape index (κ2) is 11.2. The Labute approximate surface area is 224 Å². The molecule has 38 heavy (non-hydrogen) atoms. The number of aromatic nitrogens is 1. The lowest BCUT2D eigenvalue weighted by molar-refractivity contribution is -0.128. The van der Waals surface area contributed by atoms with Crippen LogP contribution in [0.5, 0.6) is 0 Å². The van der Waals surface area contributed by atoms with E-state index < -0.39 is 5.41 Å². The quantitative estimate of drug-likeness (QED) is 0.486. The molecule has 1 N–H and O–H groups in total. The summed E-state index contributed by atoms with van der Waals surface area (Å²) < 4.78 is 5.47. The lowest BCUT2D eigenvalue weighted by Gasteiger charge is -2.46. The maximum Gasteiger partial charge on any atom is 0.322 e. The maximum absolute atomic E-state index is 13.9. The van der Waals surface area contributed by atoms with Crippen molar-refractivity contribution in [1.82, 2.24) is 9.88 Å². The predicted octanol–water partition coefficient (Wildman–Crippen LogP) is 5.06. The first-order valence-corrected chi connectivity index (χ1v) is 13.1. The lowest BCUT2D eigenvalue weighted by Crippen LogP contribution is -2.59. The van der Waals surface area contributed by atoms with Crippen LogP contribution in [0.2, 0.25) is 0 Å². The van der Waals surface area contributed by atoms with Gasteiger partial charge in [0.15, 0.2) is 5.78 Å². The van der Waals surface area contributed by atoms with Gasteiger partial charge in [-0.15, -0.1) is 0 Å². The minimum atomic E-state index is -0.796. The second-order valence-corrected chi connectivity index (χ2v) is 10.4. The summed E-state index contributed by atoms with van der Waals surface area (Å²) in [6.45, 7) is 7.01. The SMILES string of the molecule is CC1(C)C(=O)/C(=C/c2cccc(N3CCOCC3)n2)CN(C(=O)Nc2ccccc2)C1Cc1ccccc1. The standard InChI is InChI=1S/C31H34N4O3/c1-31(2)27(20-23-10-5-3-6-11-23)35(30(37)33-25-12-7-4-8-13-25)22-24(29(31)36)21-26-14-9-15-28(32-26)34-16-18-38-19-17-34/h3-15,21,27H,16-20,22H2,1-2H3,(H,33,37)/b24-21+. The van der Waals surface area contributed by atoms with Gasteiger partial charge >= 0.3 is 6.03 Å². The Balaban J connectivity index is 1.47. The number of pyridine rings is 1. The number of urea groups is 1. The first-order valence-electron chi connectivity index (χ1n) is 13.1. The van der Waals surface area contributed by atoms with E-state index in [9.17, 15) is 9.59 Å². The third-order valence-corrected chi connectivity index (χ3v) is 7.40. The zero-order valence-electron chi connectivity index (χ0n) is 22.0. The number of amides is 2. The molecule has 2 aliphatic heterocycles. The summed E-state index contributed by atoms with van der Waals surface area (Å²) in [6.07, 6.45) is 2.43. The van der Waals surface area contributed by atoms with E-state index in [0.717, 1.165) is 30.2 Å². The zero-order valence-corrected chi connectivity index (χ0v) is 22.0. The van der Waals surface area contributed by atoms with E-state index in [2.05, 4.69) is 10.2 Å². The average molecular weight is 511 g/mol. The number of nitrogens with one attached hydrogen (secondary N) is 1. The van der Waals surface area contributed by atoms with Crippen molar-refractivity contribution in [2.24, 2.45) is 5.41 Å².